The highest BCUT2D eigenvalue weighted by atomic mass is 16.5. The van der Waals surface area contributed by atoms with E-state index in [1.54, 1.807) is 12.3 Å². The molecule has 0 unspecified atom stereocenters. The largest absolute Gasteiger partial charge is 0.378 e. The number of aromatic nitrogens is 3. The summed E-state index contributed by atoms with van der Waals surface area (Å²) in [5, 5.41) is 3.98. The highest BCUT2D eigenvalue weighted by Gasteiger charge is 2.28. The minimum absolute atomic E-state index is 0.0169. The van der Waals surface area contributed by atoms with E-state index in [0.717, 1.165) is 53.4 Å². The van der Waals surface area contributed by atoms with Gasteiger partial charge in [0, 0.05) is 24.1 Å². The Balaban J connectivity index is 1.68. The third kappa shape index (κ3) is 3.45. The molecule has 2 aromatic heterocycles. The molecule has 0 spiro atoms. The number of hydrogen-bond donors (Lipinski definition) is 1. The van der Waals surface area contributed by atoms with Crippen LogP contribution in [0, 0.1) is 6.57 Å². The number of benzene rings is 1. The molecule has 148 valence electrons. The summed E-state index contributed by atoms with van der Waals surface area (Å²) in [4.78, 5) is 25.5. The number of amides is 1. The molecule has 29 heavy (non-hydrogen) atoms. The van der Waals surface area contributed by atoms with Gasteiger partial charge < -0.3 is 14.6 Å². The highest BCUT2D eigenvalue weighted by molar-refractivity contribution is 6.04. The van der Waals surface area contributed by atoms with Gasteiger partial charge in [-0.25, -0.2) is 9.83 Å². The lowest BCUT2D eigenvalue weighted by atomic mass is 10.0. The van der Waals surface area contributed by atoms with Gasteiger partial charge in [0.2, 0.25) is 5.91 Å². The number of carbonyl (C=O) groups excluding carboxylic acids is 1. The molecule has 3 aromatic rings. The van der Waals surface area contributed by atoms with Gasteiger partial charge in [-0.05, 0) is 44.7 Å². The van der Waals surface area contributed by atoms with Crippen molar-refractivity contribution in [3.8, 4) is 0 Å². The van der Waals surface area contributed by atoms with Crippen molar-refractivity contribution in [2.75, 3.05) is 6.61 Å². The average Bonchev–Trinajstić information content (AvgIpc) is 3.45. The standard InChI is InChI=1S/C22H23N5O2/c1-13-9-16(7-8-29-13)27-20(11-21(28)25-14-3-4-14)26-19-12-24-18-6-5-15(23-2)10-17(18)22(19)27/h5-6,10,12-14,16H,3-4,7-9,11H2,1H3,(H,25,28)/t13-,16-/m1/s1. The summed E-state index contributed by atoms with van der Waals surface area (Å²) in [7, 11) is 0. The van der Waals surface area contributed by atoms with Crippen molar-refractivity contribution in [2.45, 2.75) is 57.2 Å². The Kier molecular flexibility index (Phi) is 4.44. The van der Waals surface area contributed by atoms with Gasteiger partial charge in [0.05, 0.1) is 36.3 Å². The molecule has 2 fully saturated rings. The summed E-state index contributed by atoms with van der Waals surface area (Å²) in [5.74, 6) is 0.781. The third-order valence-electron chi connectivity index (χ3n) is 5.79. The fraction of sp³-hybridized carbons (Fsp3) is 0.455. The second-order valence-electron chi connectivity index (χ2n) is 8.08. The molecular formula is C22H23N5O2. The first-order valence-electron chi connectivity index (χ1n) is 10.2. The molecule has 1 amide bonds. The van der Waals surface area contributed by atoms with Gasteiger partial charge in [-0.1, -0.05) is 6.07 Å². The number of carbonyl (C=O) groups is 1. The first kappa shape index (κ1) is 18.1. The van der Waals surface area contributed by atoms with E-state index in [0.29, 0.717) is 18.3 Å². The molecule has 1 saturated carbocycles. The van der Waals surface area contributed by atoms with Crippen LogP contribution in [0.1, 0.15) is 44.5 Å². The van der Waals surface area contributed by atoms with Gasteiger partial charge in [-0.15, -0.1) is 0 Å². The van der Waals surface area contributed by atoms with Crippen molar-refractivity contribution < 1.29 is 9.53 Å². The van der Waals surface area contributed by atoms with Crippen molar-refractivity contribution in [1.29, 1.82) is 0 Å². The minimum Gasteiger partial charge on any atom is -0.378 e. The summed E-state index contributed by atoms with van der Waals surface area (Å²) in [6, 6.07) is 6.08. The lowest BCUT2D eigenvalue weighted by molar-refractivity contribution is -0.120. The van der Waals surface area contributed by atoms with Gasteiger partial charge in [-0.2, -0.15) is 0 Å². The maximum Gasteiger partial charge on any atom is 0.227 e. The number of imidazole rings is 1. The zero-order valence-electron chi connectivity index (χ0n) is 16.4. The molecule has 1 aromatic carbocycles. The van der Waals surface area contributed by atoms with Crippen molar-refractivity contribution in [3.05, 3.63) is 41.6 Å². The molecule has 7 heteroatoms. The zero-order valence-corrected chi connectivity index (χ0v) is 16.4. The molecule has 2 atom stereocenters. The van der Waals surface area contributed by atoms with Gasteiger partial charge in [0.15, 0.2) is 5.69 Å². The molecule has 0 radical (unpaired) electrons. The quantitative estimate of drug-likeness (QED) is 0.691. The van der Waals surface area contributed by atoms with Crippen LogP contribution in [0.25, 0.3) is 26.8 Å². The fourth-order valence-corrected chi connectivity index (χ4v) is 4.26. The van der Waals surface area contributed by atoms with Crippen LogP contribution in [0.15, 0.2) is 24.4 Å². The number of fused-ring (bicyclic) bond motifs is 3. The summed E-state index contributed by atoms with van der Waals surface area (Å²) in [6.07, 6.45) is 6.05. The van der Waals surface area contributed by atoms with E-state index < -0.39 is 0 Å². The van der Waals surface area contributed by atoms with Crippen molar-refractivity contribution in [1.82, 2.24) is 19.9 Å². The summed E-state index contributed by atoms with van der Waals surface area (Å²) in [5.41, 5.74) is 3.15. The number of ether oxygens (including phenoxy) is 1. The van der Waals surface area contributed by atoms with Crippen LogP contribution in [0.3, 0.4) is 0 Å². The molecular weight excluding hydrogens is 366 g/mol. The Morgan fingerprint density at radius 2 is 2.21 bits per heavy atom. The van der Waals surface area contributed by atoms with E-state index in [2.05, 4.69) is 26.6 Å². The van der Waals surface area contributed by atoms with Crippen LogP contribution in [0.2, 0.25) is 0 Å². The zero-order chi connectivity index (χ0) is 20.0. The van der Waals surface area contributed by atoms with E-state index in [1.807, 2.05) is 12.1 Å². The SMILES string of the molecule is [C-]#[N+]c1ccc2ncc3nc(CC(=O)NC4CC4)n([C@@H]4CCO[C@H](C)C4)c3c2c1. The Morgan fingerprint density at radius 1 is 1.34 bits per heavy atom. The smallest absolute Gasteiger partial charge is 0.227 e. The molecule has 5 rings (SSSR count). The van der Waals surface area contributed by atoms with E-state index >= 15 is 0 Å². The number of nitrogens with one attached hydrogen (secondary N) is 1. The van der Waals surface area contributed by atoms with E-state index in [1.165, 1.54) is 0 Å². The lowest BCUT2D eigenvalue weighted by Gasteiger charge is -2.30. The van der Waals surface area contributed by atoms with E-state index in [-0.39, 0.29) is 24.5 Å². The minimum atomic E-state index is 0.0169. The first-order chi connectivity index (χ1) is 14.1. The van der Waals surface area contributed by atoms with Crippen molar-refractivity contribution in [3.63, 3.8) is 0 Å². The average molecular weight is 389 g/mol. The second-order valence-corrected chi connectivity index (χ2v) is 8.08. The number of rotatable bonds is 4. The molecule has 0 bridgehead atoms. The second kappa shape index (κ2) is 7.12. The normalized spacial score (nSPS) is 21.9. The van der Waals surface area contributed by atoms with Gasteiger partial charge in [0.25, 0.3) is 0 Å². The highest BCUT2D eigenvalue weighted by Crippen LogP contribution is 2.35. The predicted octanol–water partition coefficient (Wildman–Crippen LogP) is 3.70. The third-order valence-corrected chi connectivity index (χ3v) is 5.79. The fourth-order valence-electron chi connectivity index (χ4n) is 4.26. The van der Waals surface area contributed by atoms with Crippen LogP contribution in [-0.2, 0) is 16.0 Å². The Labute approximate surface area is 168 Å². The number of pyridine rings is 1. The Bertz CT molecular complexity index is 1140. The van der Waals surface area contributed by atoms with Crippen molar-refractivity contribution >= 4 is 33.5 Å². The molecule has 7 nitrogen and oxygen atoms in total. The summed E-state index contributed by atoms with van der Waals surface area (Å²) < 4.78 is 7.98. The number of hydrogen-bond acceptors (Lipinski definition) is 4. The monoisotopic (exact) mass is 389 g/mol. The molecule has 1 aliphatic carbocycles. The number of nitrogens with zero attached hydrogens (tertiary/aromatic N) is 4. The Morgan fingerprint density at radius 3 is 2.97 bits per heavy atom. The Hall–Kier alpha value is -2.98. The van der Waals surface area contributed by atoms with Gasteiger partial charge in [0.1, 0.15) is 11.3 Å². The van der Waals surface area contributed by atoms with Crippen LogP contribution >= 0.6 is 0 Å². The lowest BCUT2D eigenvalue weighted by Crippen LogP contribution is -2.30. The molecule has 1 N–H and O–H groups in total. The van der Waals surface area contributed by atoms with Gasteiger partial charge >= 0.3 is 0 Å². The molecule has 2 aliphatic rings. The van der Waals surface area contributed by atoms with Crippen LogP contribution in [-0.4, -0.2) is 39.2 Å². The summed E-state index contributed by atoms with van der Waals surface area (Å²) >= 11 is 0. The maximum atomic E-state index is 12.6. The topological polar surface area (TPSA) is 73.4 Å². The molecule has 1 saturated heterocycles. The predicted molar refractivity (Wildman–Crippen MR) is 110 cm³/mol. The first-order valence-corrected chi connectivity index (χ1v) is 10.2. The van der Waals surface area contributed by atoms with E-state index in [9.17, 15) is 4.79 Å². The maximum absolute atomic E-state index is 12.6. The molecule has 1 aliphatic heterocycles. The molecule has 3 heterocycles. The van der Waals surface area contributed by atoms with Crippen LogP contribution in [0.4, 0.5) is 5.69 Å². The van der Waals surface area contributed by atoms with Crippen LogP contribution in [0.5, 0.6) is 0 Å². The van der Waals surface area contributed by atoms with Crippen LogP contribution < -0.4 is 5.32 Å². The summed E-state index contributed by atoms with van der Waals surface area (Å²) in [6.45, 7) is 10.2. The van der Waals surface area contributed by atoms with Gasteiger partial charge in [-0.3, -0.25) is 9.78 Å². The van der Waals surface area contributed by atoms with Crippen molar-refractivity contribution in [2.24, 2.45) is 0 Å². The van der Waals surface area contributed by atoms with E-state index in [4.69, 9.17) is 16.3 Å².